The van der Waals surface area contributed by atoms with Gasteiger partial charge in [-0.3, -0.25) is 5.10 Å². The van der Waals surface area contributed by atoms with Gasteiger partial charge in [0.05, 0.1) is 18.8 Å². The standard InChI is InChI=1S/C26H30N4.C19H20N6.Ir/c1-21-23(3)29(25-13-7-5-8-14-25)19-27(21)17-11-12-18-28-20-30(24(4)22(28)2)26-15-9-6-10-16-26;1-23-19(15-24(22-23)13-16-8-4-2-5-9-16)18-12-20-25(21-18)14-17-10-6-3-7-11-17;/h5-10,13,15,19-20H,11-12,17-18H2,1-4H3;2-11,20H,12-14H2,1H3;/q-4;;. The first-order valence-corrected chi connectivity index (χ1v) is 19.0. The number of anilines is 2. The smallest absolute Gasteiger partial charge is 0.118 e. The van der Waals surface area contributed by atoms with E-state index in [9.17, 15) is 0 Å². The summed E-state index contributed by atoms with van der Waals surface area (Å²) in [6.07, 6.45) is 5.61. The quantitative estimate of drug-likeness (QED) is 0.0820. The third-order valence-electron chi connectivity index (χ3n) is 10.2. The summed E-state index contributed by atoms with van der Waals surface area (Å²) >= 11 is 0. The minimum atomic E-state index is 0. The van der Waals surface area contributed by atoms with Crippen LogP contribution in [0.15, 0.2) is 137 Å². The summed E-state index contributed by atoms with van der Waals surface area (Å²) in [4.78, 5) is 9.19. The molecule has 0 aliphatic carbocycles. The van der Waals surface area contributed by atoms with E-state index in [1.807, 2.05) is 82.2 Å². The number of hydrazine groups is 1. The molecule has 0 fully saturated rings. The van der Waals surface area contributed by atoms with Gasteiger partial charge in [-0.05, 0) is 88.4 Å². The number of aromatic nitrogens is 3. The van der Waals surface area contributed by atoms with Gasteiger partial charge in [0.25, 0.3) is 0 Å². The number of allylic oxidation sites excluding steroid dienone is 4. The molecule has 3 aliphatic heterocycles. The molecule has 56 heavy (non-hydrogen) atoms. The van der Waals surface area contributed by atoms with E-state index in [0.29, 0.717) is 13.1 Å². The van der Waals surface area contributed by atoms with E-state index in [4.69, 9.17) is 0 Å². The maximum atomic E-state index is 4.67. The normalized spacial score (nSPS) is 15.4. The second-order valence-electron chi connectivity index (χ2n) is 13.9. The molecule has 0 unspecified atom stereocenters. The van der Waals surface area contributed by atoms with Gasteiger partial charge in [-0.2, -0.15) is 78.7 Å². The van der Waals surface area contributed by atoms with Crippen LogP contribution in [0.25, 0.3) is 0 Å². The van der Waals surface area contributed by atoms with Gasteiger partial charge in [-0.15, -0.1) is 11.4 Å². The first kappa shape index (κ1) is 40.4. The van der Waals surface area contributed by atoms with E-state index < -0.39 is 0 Å². The Kier molecular flexibility index (Phi) is 13.8. The number of para-hydroxylation sites is 2. The van der Waals surface area contributed by atoms with E-state index in [1.54, 1.807) is 0 Å². The predicted molar refractivity (Wildman–Crippen MR) is 218 cm³/mol. The fourth-order valence-corrected chi connectivity index (χ4v) is 6.82. The van der Waals surface area contributed by atoms with Crippen molar-refractivity contribution in [1.82, 2.24) is 30.2 Å². The third kappa shape index (κ3) is 9.77. The molecule has 0 saturated heterocycles. The average molecular weight is 923 g/mol. The van der Waals surface area contributed by atoms with Gasteiger partial charge >= 0.3 is 0 Å². The van der Waals surface area contributed by atoms with Crippen molar-refractivity contribution in [2.45, 2.75) is 53.6 Å². The second-order valence-corrected chi connectivity index (χ2v) is 13.9. The number of nitrogens with zero attached hydrogens (tertiary/aromatic N) is 9. The summed E-state index contributed by atoms with van der Waals surface area (Å²) in [5.41, 5.74) is 14.9. The molecular formula is C45H50IrN10-4. The monoisotopic (exact) mass is 923 g/mol. The molecule has 0 amide bonds. The summed E-state index contributed by atoms with van der Waals surface area (Å²) in [5.74, 6) is 0. The molecule has 1 aromatic heterocycles. The molecule has 8 rings (SSSR count). The molecule has 11 heteroatoms. The van der Waals surface area contributed by atoms with E-state index >= 15 is 0 Å². The van der Waals surface area contributed by atoms with Crippen LogP contribution in [0.3, 0.4) is 0 Å². The Morgan fingerprint density at radius 2 is 1.20 bits per heavy atom. The Balaban J connectivity index is 0.000000189. The number of hydrazone groups is 1. The summed E-state index contributed by atoms with van der Waals surface area (Å²) in [6.45, 7) is 17.3. The van der Waals surface area contributed by atoms with Crippen LogP contribution in [0.4, 0.5) is 11.4 Å². The van der Waals surface area contributed by atoms with Crippen LogP contribution < -0.4 is 19.9 Å². The van der Waals surface area contributed by atoms with Gasteiger partial charge < -0.3 is 19.6 Å². The number of nitrogens with one attached hydrogen (secondary N) is 1. The topological polar surface area (TPSA) is 62.3 Å². The minimum Gasteiger partial charge on any atom is -0.505 e. The predicted octanol–water partition coefficient (Wildman–Crippen LogP) is 7.03. The Hall–Kier alpha value is -5.22. The zero-order valence-corrected chi connectivity index (χ0v) is 35.3. The molecule has 0 bridgehead atoms. The molecule has 3 aliphatic rings. The largest absolute Gasteiger partial charge is 0.505 e. The number of benzene rings is 4. The van der Waals surface area contributed by atoms with Gasteiger partial charge in [0, 0.05) is 43.4 Å². The molecule has 1 radical (unpaired) electrons. The second kappa shape index (κ2) is 19.1. The molecule has 1 N–H and O–H groups in total. The number of hydrogen-bond acceptors (Lipinski definition) is 8. The van der Waals surface area contributed by atoms with Crippen molar-refractivity contribution in [3.05, 3.63) is 180 Å². The van der Waals surface area contributed by atoms with Crippen molar-refractivity contribution < 1.29 is 24.8 Å². The van der Waals surface area contributed by atoms with Crippen LogP contribution in [0.1, 0.15) is 57.4 Å². The summed E-state index contributed by atoms with van der Waals surface area (Å²) in [5, 5.41) is 11.0. The van der Waals surface area contributed by atoms with Crippen LogP contribution >= 0.6 is 0 Å². The molecule has 10 nitrogen and oxygen atoms in total. The SMILES string of the molecule is CC1=C(C)N(c2[c-]cccc2)[CH-]N1CCCCN1[CH-]N(c2[c-]cccc2)C(C)=C1C.Cn1n[n+](Cc2ccccc2)[c-]c1C1=NN(Cc2ccccc2)NC1.[Ir]. The third-order valence-corrected chi connectivity index (χ3v) is 10.2. The fraction of sp³-hybridized carbons (Fsp3) is 0.267. The van der Waals surface area contributed by atoms with E-state index in [2.05, 4.69) is 143 Å². The molecule has 4 aromatic carbocycles. The van der Waals surface area contributed by atoms with Crippen molar-refractivity contribution in [2.24, 2.45) is 12.1 Å². The first-order chi connectivity index (χ1) is 26.8. The van der Waals surface area contributed by atoms with Crippen molar-refractivity contribution in [1.29, 1.82) is 0 Å². The van der Waals surface area contributed by atoms with Gasteiger partial charge in [0.1, 0.15) is 6.54 Å². The molecule has 0 atom stereocenters. The van der Waals surface area contributed by atoms with Crippen LogP contribution in [-0.2, 0) is 40.2 Å². The average Bonchev–Trinajstić information content (AvgIpc) is 3.97. The van der Waals surface area contributed by atoms with Crippen LogP contribution in [0, 0.1) is 31.7 Å². The first-order valence-electron chi connectivity index (χ1n) is 19.0. The van der Waals surface area contributed by atoms with E-state index in [1.165, 1.54) is 33.9 Å². The van der Waals surface area contributed by atoms with Crippen LogP contribution in [0.5, 0.6) is 0 Å². The Morgan fingerprint density at radius 1 is 0.679 bits per heavy atom. The molecule has 293 valence electrons. The maximum absolute atomic E-state index is 4.67. The molecule has 5 aromatic rings. The van der Waals surface area contributed by atoms with E-state index in [-0.39, 0.29) is 20.1 Å². The van der Waals surface area contributed by atoms with Gasteiger partial charge in [-0.1, -0.05) is 60.7 Å². The number of rotatable bonds is 12. The molecule has 4 heterocycles. The zero-order valence-electron chi connectivity index (χ0n) is 32.9. The van der Waals surface area contributed by atoms with Gasteiger partial charge in [0.15, 0.2) is 0 Å². The molecule has 0 saturated carbocycles. The van der Waals surface area contributed by atoms with Gasteiger partial charge in [0.2, 0.25) is 0 Å². The van der Waals surface area contributed by atoms with E-state index in [0.717, 1.165) is 55.3 Å². The zero-order chi connectivity index (χ0) is 38.1. The van der Waals surface area contributed by atoms with Crippen molar-refractivity contribution >= 4 is 17.1 Å². The Bertz CT molecular complexity index is 2020. The molecular weight excluding hydrogens is 873 g/mol. The Morgan fingerprint density at radius 3 is 1.71 bits per heavy atom. The summed E-state index contributed by atoms with van der Waals surface area (Å²) in [6, 6.07) is 43.5. The minimum absolute atomic E-state index is 0. The number of unbranched alkanes of at least 4 members (excludes halogenated alkanes) is 1. The van der Waals surface area contributed by atoms with Crippen molar-refractivity contribution in [3.63, 3.8) is 0 Å². The van der Waals surface area contributed by atoms with Crippen LogP contribution in [0.2, 0.25) is 0 Å². The summed E-state index contributed by atoms with van der Waals surface area (Å²) in [7, 11) is 1.93. The van der Waals surface area contributed by atoms with Crippen molar-refractivity contribution in [2.75, 3.05) is 29.4 Å². The number of hydrogen-bond donors (Lipinski definition) is 1. The van der Waals surface area contributed by atoms with Crippen LogP contribution in [-0.4, -0.2) is 50.2 Å². The maximum Gasteiger partial charge on any atom is 0.118 e. The molecule has 0 spiro atoms. The summed E-state index contributed by atoms with van der Waals surface area (Å²) < 4.78 is 3.66. The Labute approximate surface area is 346 Å². The van der Waals surface area contributed by atoms with Crippen molar-refractivity contribution in [3.8, 4) is 0 Å². The number of aryl methyl sites for hydroxylation is 1. The van der Waals surface area contributed by atoms with Gasteiger partial charge in [-0.25, -0.2) is 15.2 Å². The fourth-order valence-electron chi connectivity index (χ4n) is 6.82.